The summed E-state index contributed by atoms with van der Waals surface area (Å²) in [5.41, 5.74) is 0.843. The second kappa shape index (κ2) is 7.99. The summed E-state index contributed by atoms with van der Waals surface area (Å²) in [5.74, 6) is 0.971. The monoisotopic (exact) mass is 455 g/mol. The number of fused-ring (bicyclic) bond motifs is 1. The zero-order valence-corrected chi connectivity index (χ0v) is 18.0. The van der Waals surface area contributed by atoms with E-state index >= 15 is 0 Å². The van der Waals surface area contributed by atoms with Crippen LogP contribution >= 0.6 is 38.6 Å². The lowest BCUT2D eigenvalue weighted by molar-refractivity contribution is 0.0790. The van der Waals surface area contributed by atoms with Crippen molar-refractivity contribution < 1.29 is 14.3 Å². The van der Waals surface area contributed by atoms with Crippen molar-refractivity contribution in [3.63, 3.8) is 0 Å². The number of amides is 1. The van der Waals surface area contributed by atoms with Gasteiger partial charge in [0.2, 0.25) is 5.88 Å². The third-order valence-corrected chi connectivity index (χ3v) is 6.61. The van der Waals surface area contributed by atoms with Gasteiger partial charge in [-0.25, -0.2) is 4.98 Å². The van der Waals surface area contributed by atoms with E-state index in [0.717, 1.165) is 24.4 Å². The van der Waals surface area contributed by atoms with Crippen LogP contribution in [0.25, 0.3) is 10.2 Å². The number of aromatic nitrogens is 2. The van der Waals surface area contributed by atoms with Crippen molar-refractivity contribution in [3.8, 4) is 5.88 Å². The number of nitrogens with zero attached hydrogens (tertiary/aromatic N) is 3. The molecule has 0 atom stereocenters. The number of hydrogen-bond donors (Lipinski definition) is 0. The molecule has 3 heterocycles. The van der Waals surface area contributed by atoms with Crippen LogP contribution in [0, 0.1) is 6.92 Å². The summed E-state index contributed by atoms with van der Waals surface area (Å²) in [6.45, 7) is 2.75. The third kappa shape index (κ3) is 3.75. The van der Waals surface area contributed by atoms with Gasteiger partial charge in [0.25, 0.3) is 5.91 Å². The molecule has 1 amide bonds. The molecular formula is C17H18BrN3O3S2. The molecule has 0 N–H and O–H groups in total. The second-order valence-corrected chi connectivity index (χ2v) is 9.23. The zero-order valence-electron chi connectivity index (χ0n) is 14.8. The maximum absolute atomic E-state index is 13.0. The third-order valence-electron chi connectivity index (χ3n) is 3.83. The van der Waals surface area contributed by atoms with Gasteiger partial charge in [0, 0.05) is 19.0 Å². The first-order valence-corrected chi connectivity index (χ1v) is 10.2. The molecule has 0 bridgehead atoms. The van der Waals surface area contributed by atoms with Gasteiger partial charge in [-0.3, -0.25) is 4.79 Å². The molecule has 9 heteroatoms. The summed E-state index contributed by atoms with van der Waals surface area (Å²) in [7, 11) is 4.96. The smallest absolute Gasteiger partial charge is 0.264 e. The van der Waals surface area contributed by atoms with Gasteiger partial charge >= 0.3 is 0 Å². The van der Waals surface area contributed by atoms with Crippen LogP contribution in [0.2, 0.25) is 0 Å². The molecule has 3 aromatic rings. The van der Waals surface area contributed by atoms with E-state index in [-0.39, 0.29) is 5.91 Å². The number of halogens is 1. The second-order valence-electron chi connectivity index (χ2n) is 5.69. The van der Waals surface area contributed by atoms with E-state index in [1.165, 1.54) is 11.3 Å². The minimum atomic E-state index is -0.0367. The minimum Gasteiger partial charge on any atom is -0.480 e. The van der Waals surface area contributed by atoms with Gasteiger partial charge in [-0.1, -0.05) is 0 Å². The maximum Gasteiger partial charge on any atom is 0.264 e. The summed E-state index contributed by atoms with van der Waals surface area (Å²) in [6, 6.07) is 4.00. The molecule has 3 aromatic heterocycles. The maximum atomic E-state index is 13.0. The van der Waals surface area contributed by atoms with Crippen LogP contribution in [0.3, 0.4) is 0 Å². The summed E-state index contributed by atoms with van der Waals surface area (Å²) < 4.78 is 11.6. The Kier molecular flexibility index (Phi) is 5.91. The van der Waals surface area contributed by atoms with Crippen LogP contribution < -0.4 is 4.74 Å². The van der Waals surface area contributed by atoms with Crippen molar-refractivity contribution >= 4 is 54.7 Å². The highest BCUT2D eigenvalue weighted by molar-refractivity contribution is 9.11. The highest BCUT2D eigenvalue weighted by Gasteiger charge is 2.23. The average Bonchev–Trinajstić information content (AvgIpc) is 3.17. The summed E-state index contributed by atoms with van der Waals surface area (Å²) >= 11 is 6.44. The molecule has 0 fully saturated rings. The topological polar surface area (TPSA) is 64.6 Å². The molecular weight excluding hydrogens is 438 g/mol. The largest absolute Gasteiger partial charge is 0.480 e. The quantitative estimate of drug-likeness (QED) is 0.555. The molecule has 138 valence electrons. The van der Waals surface area contributed by atoms with E-state index in [4.69, 9.17) is 9.47 Å². The fraction of sp³-hybridized carbons (Fsp3) is 0.353. The van der Waals surface area contributed by atoms with Crippen molar-refractivity contribution in [1.29, 1.82) is 0 Å². The van der Waals surface area contributed by atoms with E-state index in [0.29, 0.717) is 29.7 Å². The Morgan fingerprint density at radius 1 is 1.27 bits per heavy atom. The number of rotatable bonds is 6. The van der Waals surface area contributed by atoms with Crippen LogP contribution in [0.4, 0.5) is 0 Å². The van der Waals surface area contributed by atoms with Crippen LogP contribution in [-0.2, 0) is 17.9 Å². The molecule has 0 unspecified atom stereocenters. The van der Waals surface area contributed by atoms with Gasteiger partial charge in [0.15, 0.2) is 5.82 Å². The van der Waals surface area contributed by atoms with Crippen LogP contribution in [0.15, 0.2) is 15.9 Å². The van der Waals surface area contributed by atoms with Gasteiger partial charge in [0.05, 0.1) is 27.7 Å². The predicted molar refractivity (Wildman–Crippen MR) is 107 cm³/mol. The molecule has 0 spiro atoms. The normalized spacial score (nSPS) is 11.1. The molecule has 6 nitrogen and oxygen atoms in total. The Morgan fingerprint density at radius 3 is 2.65 bits per heavy atom. The standard InChI is InChI=1S/C17H18BrN3O3S2/c1-9-13-15(24-4)19-12(8-23-3)20-16(13)26-14(9)17(22)21(2)7-10-5-6-11(18)25-10/h5-6H,7-8H2,1-4H3. The number of methoxy groups -OCH3 is 2. The lowest BCUT2D eigenvalue weighted by Gasteiger charge is -2.15. The molecule has 0 aliphatic heterocycles. The molecule has 0 saturated carbocycles. The molecule has 0 aromatic carbocycles. The lowest BCUT2D eigenvalue weighted by atomic mass is 10.2. The number of thiophene rings is 2. The molecule has 3 rings (SSSR count). The van der Waals surface area contributed by atoms with Gasteiger partial charge in [-0.05, 0) is 40.5 Å². The van der Waals surface area contributed by atoms with Gasteiger partial charge in [0.1, 0.15) is 11.4 Å². The lowest BCUT2D eigenvalue weighted by Crippen LogP contribution is -2.25. The Hall–Kier alpha value is -1.55. The minimum absolute atomic E-state index is 0.0367. The first kappa shape index (κ1) is 19.2. The SMILES string of the molecule is COCc1nc(OC)c2c(C)c(C(=O)N(C)Cc3ccc(Br)s3)sc2n1. The van der Waals surface area contributed by atoms with Crippen molar-refractivity contribution in [2.75, 3.05) is 21.3 Å². The van der Waals surface area contributed by atoms with E-state index < -0.39 is 0 Å². The molecule has 0 saturated heterocycles. The molecule has 0 radical (unpaired) electrons. The van der Waals surface area contributed by atoms with Crippen LogP contribution in [0.5, 0.6) is 5.88 Å². The summed E-state index contributed by atoms with van der Waals surface area (Å²) in [6.07, 6.45) is 0. The fourth-order valence-electron chi connectivity index (χ4n) is 2.61. The highest BCUT2D eigenvalue weighted by Crippen LogP contribution is 2.36. The Bertz CT molecular complexity index is 954. The first-order chi connectivity index (χ1) is 12.4. The van der Waals surface area contributed by atoms with Crippen LogP contribution in [-0.4, -0.2) is 42.0 Å². The Balaban J connectivity index is 1.96. The first-order valence-electron chi connectivity index (χ1n) is 7.77. The number of carbonyl (C=O) groups is 1. The van der Waals surface area contributed by atoms with E-state index in [2.05, 4.69) is 25.9 Å². The Labute approximate surface area is 167 Å². The number of ether oxygens (including phenoxy) is 2. The van der Waals surface area contributed by atoms with Crippen molar-refractivity contribution in [1.82, 2.24) is 14.9 Å². The summed E-state index contributed by atoms with van der Waals surface area (Å²) in [5, 5.41) is 0.785. The van der Waals surface area contributed by atoms with Gasteiger partial charge < -0.3 is 14.4 Å². The number of carbonyl (C=O) groups excluding carboxylic acids is 1. The summed E-state index contributed by atoms with van der Waals surface area (Å²) in [4.78, 5) is 26.1. The molecule has 0 aliphatic rings. The van der Waals surface area contributed by atoms with Gasteiger partial charge in [-0.2, -0.15) is 4.98 Å². The number of hydrogen-bond acceptors (Lipinski definition) is 7. The predicted octanol–water partition coefficient (Wildman–Crippen LogP) is 4.25. The molecule has 26 heavy (non-hydrogen) atoms. The fourth-order valence-corrected chi connectivity index (χ4v) is 5.33. The number of aryl methyl sites for hydroxylation is 1. The van der Waals surface area contributed by atoms with E-state index in [1.807, 2.05) is 19.1 Å². The van der Waals surface area contributed by atoms with Gasteiger partial charge in [-0.15, -0.1) is 22.7 Å². The van der Waals surface area contributed by atoms with Crippen molar-refractivity contribution in [2.24, 2.45) is 0 Å². The van der Waals surface area contributed by atoms with E-state index in [9.17, 15) is 4.79 Å². The van der Waals surface area contributed by atoms with E-state index in [1.54, 1.807) is 37.5 Å². The highest BCUT2D eigenvalue weighted by atomic mass is 79.9. The van der Waals surface area contributed by atoms with Crippen molar-refractivity contribution in [2.45, 2.75) is 20.1 Å². The van der Waals surface area contributed by atoms with Crippen molar-refractivity contribution in [3.05, 3.63) is 37.1 Å². The Morgan fingerprint density at radius 2 is 2.04 bits per heavy atom. The molecule has 0 aliphatic carbocycles. The zero-order chi connectivity index (χ0) is 18.8. The average molecular weight is 456 g/mol. The van der Waals surface area contributed by atoms with Crippen LogP contribution in [0.1, 0.15) is 25.9 Å².